The fourth-order valence-electron chi connectivity index (χ4n) is 3.03. The molecule has 2 atom stereocenters. The maximum absolute atomic E-state index is 11.8. The largest absolute Gasteiger partial charge is 0.338 e. The quantitative estimate of drug-likeness (QED) is 0.679. The molecule has 92 valence electrons. The first-order valence-electron chi connectivity index (χ1n) is 6.56. The van der Waals surface area contributed by atoms with Gasteiger partial charge in [0, 0.05) is 12.6 Å². The van der Waals surface area contributed by atoms with Gasteiger partial charge in [-0.25, -0.2) is 4.79 Å². The van der Waals surface area contributed by atoms with Gasteiger partial charge in [-0.1, -0.05) is 19.8 Å². The first-order valence-corrected chi connectivity index (χ1v) is 6.56. The molecule has 2 amide bonds. The van der Waals surface area contributed by atoms with Crippen molar-refractivity contribution >= 4 is 6.03 Å². The van der Waals surface area contributed by atoms with Gasteiger partial charge in [0.2, 0.25) is 0 Å². The van der Waals surface area contributed by atoms with Gasteiger partial charge in [0.1, 0.15) is 0 Å². The molecule has 1 aliphatic heterocycles. The van der Waals surface area contributed by atoms with Gasteiger partial charge in [-0.3, -0.25) is 0 Å². The molecule has 0 bridgehead atoms. The molecule has 2 unspecified atom stereocenters. The molecule has 2 rings (SSSR count). The molecule has 0 aromatic carbocycles. The van der Waals surface area contributed by atoms with Crippen LogP contribution in [0.1, 0.15) is 45.4 Å². The zero-order valence-electron chi connectivity index (χ0n) is 10.1. The van der Waals surface area contributed by atoms with Gasteiger partial charge >= 0.3 is 6.03 Å². The average molecular weight is 225 g/mol. The minimum absolute atomic E-state index is 0.0115. The Morgan fingerprint density at radius 1 is 1.44 bits per heavy atom. The van der Waals surface area contributed by atoms with Gasteiger partial charge < -0.3 is 16.0 Å². The number of fused-ring (bicyclic) bond motifs is 1. The summed E-state index contributed by atoms with van der Waals surface area (Å²) in [5.41, 5.74) is 0.0378. The Balaban J connectivity index is 1.92. The van der Waals surface area contributed by atoms with Crippen molar-refractivity contribution in [2.24, 2.45) is 0 Å². The summed E-state index contributed by atoms with van der Waals surface area (Å²) in [5.74, 6) is 0. The molecule has 4 heteroatoms. The fourth-order valence-corrected chi connectivity index (χ4v) is 3.03. The molecule has 0 aromatic rings. The van der Waals surface area contributed by atoms with Crippen LogP contribution in [0, 0.1) is 0 Å². The molecule has 16 heavy (non-hydrogen) atoms. The van der Waals surface area contributed by atoms with Crippen LogP contribution >= 0.6 is 0 Å². The van der Waals surface area contributed by atoms with Crippen LogP contribution in [0.25, 0.3) is 0 Å². The third-order valence-electron chi connectivity index (χ3n) is 3.89. The first-order chi connectivity index (χ1) is 7.77. The van der Waals surface area contributed by atoms with E-state index >= 15 is 0 Å². The number of rotatable bonds is 3. The van der Waals surface area contributed by atoms with E-state index in [0.29, 0.717) is 6.04 Å². The highest BCUT2D eigenvalue weighted by atomic mass is 16.2. The van der Waals surface area contributed by atoms with Crippen molar-refractivity contribution < 1.29 is 4.79 Å². The lowest BCUT2D eigenvalue weighted by atomic mass is 9.78. The van der Waals surface area contributed by atoms with Crippen molar-refractivity contribution in [3.05, 3.63) is 0 Å². The molecule has 3 N–H and O–H groups in total. The lowest BCUT2D eigenvalue weighted by Crippen LogP contribution is -2.59. The van der Waals surface area contributed by atoms with E-state index in [1.165, 1.54) is 19.3 Å². The van der Waals surface area contributed by atoms with E-state index in [2.05, 4.69) is 22.9 Å². The Labute approximate surface area is 97.6 Å². The molecule has 1 saturated heterocycles. The number of hydrogen-bond donors (Lipinski definition) is 3. The first kappa shape index (κ1) is 11.7. The van der Waals surface area contributed by atoms with Crippen LogP contribution in [-0.4, -0.2) is 30.7 Å². The average Bonchev–Trinajstić information content (AvgIpc) is 2.69. The third kappa shape index (κ3) is 2.32. The summed E-state index contributed by atoms with van der Waals surface area (Å²) in [7, 11) is 0. The van der Waals surface area contributed by atoms with Gasteiger partial charge in [0.25, 0.3) is 0 Å². The minimum atomic E-state index is 0.0115. The molecular formula is C12H23N3O. The van der Waals surface area contributed by atoms with Crippen molar-refractivity contribution in [2.45, 2.75) is 57.0 Å². The molecule has 4 nitrogen and oxygen atoms in total. The van der Waals surface area contributed by atoms with E-state index in [-0.39, 0.29) is 11.6 Å². The Morgan fingerprint density at radius 3 is 3.12 bits per heavy atom. The number of carbonyl (C=O) groups excluding carboxylic acids is 1. The van der Waals surface area contributed by atoms with E-state index < -0.39 is 0 Å². The number of hydrogen-bond acceptors (Lipinski definition) is 2. The van der Waals surface area contributed by atoms with Crippen LogP contribution in [0.3, 0.4) is 0 Å². The van der Waals surface area contributed by atoms with Crippen LogP contribution in [0.2, 0.25) is 0 Å². The second-order valence-corrected chi connectivity index (χ2v) is 5.04. The topological polar surface area (TPSA) is 53.2 Å². The lowest BCUT2D eigenvalue weighted by Gasteiger charge is -2.39. The predicted octanol–water partition coefficient (Wildman–Crippen LogP) is 1.37. The highest BCUT2D eigenvalue weighted by molar-refractivity contribution is 5.75. The summed E-state index contributed by atoms with van der Waals surface area (Å²) in [6, 6.07) is 0.506. The Kier molecular flexibility index (Phi) is 3.69. The monoisotopic (exact) mass is 225 g/mol. The van der Waals surface area contributed by atoms with E-state index in [9.17, 15) is 4.79 Å². The van der Waals surface area contributed by atoms with E-state index in [1.54, 1.807) is 0 Å². The van der Waals surface area contributed by atoms with Gasteiger partial charge in [-0.2, -0.15) is 0 Å². The number of nitrogens with one attached hydrogen (secondary N) is 3. The van der Waals surface area contributed by atoms with Gasteiger partial charge in [-0.15, -0.1) is 0 Å². The second kappa shape index (κ2) is 5.04. The zero-order valence-corrected chi connectivity index (χ0v) is 10.1. The highest BCUT2D eigenvalue weighted by Crippen LogP contribution is 2.34. The number of urea groups is 1. The maximum Gasteiger partial charge on any atom is 0.315 e. The zero-order chi connectivity index (χ0) is 11.4. The molecule has 2 aliphatic rings. The number of carbonyl (C=O) groups is 1. The summed E-state index contributed by atoms with van der Waals surface area (Å²) in [6.07, 6.45) is 6.93. The molecule has 0 radical (unpaired) electrons. The molecule has 2 fully saturated rings. The Hall–Kier alpha value is -0.770. The van der Waals surface area contributed by atoms with Crippen molar-refractivity contribution in [1.29, 1.82) is 0 Å². The Bertz CT molecular complexity index is 257. The van der Waals surface area contributed by atoms with E-state index in [4.69, 9.17) is 0 Å². The normalized spacial score (nSPS) is 33.2. The Morgan fingerprint density at radius 2 is 2.31 bits per heavy atom. The summed E-state index contributed by atoms with van der Waals surface area (Å²) < 4.78 is 0. The number of amides is 2. The van der Waals surface area contributed by atoms with Crippen LogP contribution in [0.4, 0.5) is 4.79 Å². The standard InChI is InChI=1S/C12H23N3O/c1-2-8-14-11(16)15-12-6-4-3-5-10(12)13-9-7-12/h10,13H,2-9H2,1H3,(H2,14,15,16). The molecular weight excluding hydrogens is 202 g/mol. The van der Waals surface area contributed by atoms with Gasteiger partial charge in [-0.05, 0) is 32.2 Å². The third-order valence-corrected chi connectivity index (χ3v) is 3.89. The maximum atomic E-state index is 11.8. The van der Waals surface area contributed by atoms with Crippen LogP contribution in [0.15, 0.2) is 0 Å². The predicted molar refractivity (Wildman–Crippen MR) is 64.4 cm³/mol. The second-order valence-electron chi connectivity index (χ2n) is 5.04. The molecule has 1 heterocycles. The summed E-state index contributed by atoms with van der Waals surface area (Å²) >= 11 is 0. The van der Waals surface area contributed by atoms with E-state index in [0.717, 1.165) is 32.4 Å². The molecule has 0 spiro atoms. The lowest BCUT2D eigenvalue weighted by molar-refractivity contribution is 0.194. The fraction of sp³-hybridized carbons (Fsp3) is 0.917. The van der Waals surface area contributed by atoms with Crippen molar-refractivity contribution in [1.82, 2.24) is 16.0 Å². The van der Waals surface area contributed by atoms with E-state index in [1.807, 2.05) is 0 Å². The van der Waals surface area contributed by atoms with Gasteiger partial charge in [0.15, 0.2) is 0 Å². The summed E-state index contributed by atoms with van der Waals surface area (Å²) in [4.78, 5) is 11.8. The highest BCUT2D eigenvalue weighted by Gasteiger charge is 2.44. The smallest absolute Gasteiger partial charge is 0.315 e. The molecule has 1 aliphatic carbocycles. The van der Waals surface area contributed by atoms with Crippen molar-refractivity contribution in [2.75, 3.05) is 13.1 Å². The van der Waals surface area contributed by atoms with Crippen LogP contribution in [0.5, 0.6) is 0 Å². The van der Waals surface area contributed by atoms with Crippen LogP contribution in [-0.2, 0) is 0 Å². The summed E-state index contributed by atoms with van der Waals surface area (Å²) in [5, 5.41) is 9.64. The summed E-state index contributed by atoms with van der Waals surface area (Å²) in [6.45, 7) is 3.87. The van der Waals surface area contributed by atoms with Gasteiger partial charge in [0.05, 0.1) is 5.54 Å². The minimum Gasteiger partial charge on any atom is -0.338 e. The SMILES string of the molecule is CCCNC(=O)NC12CCCCC1NCC2. The molecule has 0 aromatic heterocycles. The molecule has 1 saturated carbocycles. The van der Waals surface area contributed by atoms with Crippen LogP contribution < -0.4 is 16.0 Å². The van der Waals surface area contributed by atoms with Crippen molar-refractivity contribution in [3.63, 3.8) is 0 Å². The van der Waals surface area contributed by atoms with Crippen molar-refractivity contribution in [3.8, 4) is 0 Å².